The molecule has 13 heteroatoms. The minimum atomic E-state index is -4.17. The van der Waals surface area contributed by atoms with E-state index >= 15 is 0 Å². The van der Waals surface area contributed by atoms with Crippen molar-refractivity contribution in [2.24, 2.45) is 0 Å². The number of carbonyl (C=O) groups is 1. The van der Waals surface area contributed by atoms with Gasteiger partial charge in [0.25, 0.3) is 11.6 Å². The molecular formula is C23H24FN5O6S. The molecule has 2 aromatic carbocycles. The summed E-state index contributed by atoms with van der Waals surface area (Å²) in [6.07, 6.45) is 2.01. The van der Waals surface area contributed by atoms with Crippen LogP contribution in [0.1, 0.15) is 42.2 Å². The zero-order chi connectivity index (χ0) is 26.0. The molecule has 1 fully saturated rings. The van der Waals surface area contributed by atoms with Crippen molar-refractivity contribution < 1.29 is 27.3 Å². The van der Waals surface area contributed by atoms with Gasteiger partial charge in [0.15, 0.2) is 5.69 Å². The maximum absolute atomic E-state index is 14.0. The minimum Gasteiger partial charge on any atom is -0.437 e. The lowest BCUT2D eigenvalue weighted by molar-refractivity contribution is -0.385. The molecule has 1 amide bonds. The summed E-state index contributed by atoms with van der Waals surface area (Å²) in [4.78, 5) is 22.9. The van der Waals surface area contributed by atoms with Crippen molar-refractivity contribution in [3.05, 3.63) is 69.7 Å². The van der Waals surface area contributed by atoms with Gasteiger partial charge in [-0.2, -0.15) is 9.78 Å². The molecule has 2 N–H and O–H groups in total. The van der Waals surface area contributed by atoms with Crippen molar-refractivity contribution in [2.75, 3.05) is 6.54 Å². The highest BCUT2D eigenvalue weighted by molar-refractivity contribution is 7.89. The molecule has 1 aliphatic rings. The van der Waals surface area contributed by atoms with Crippen LogP contribution < -0.4 is 14.8 Å². The molecule has 3 aromatic rings. The van der Waals surface area contributed by atoms with Crippen LogP contribution in [0.5, 0.6) is 11.6 Å². The molecule has 0 spiro atoms. The fraction of sp³-hybridized carbons (Fsp3) is 0.304. The van der Waals surface area contributed by atoms with Crippen molar-refractivity contribution in [1.82, 2.24) is 19.8 Å². The monoisotopic (exact) mass is 517 g/mol. The molecule has 36 heavy (non-hydrogen) atoms. The molecule has 190 valence electrons. The summed E-state index contributed by atoms with van der Waals surface area (Å²) < 4.78 is 49.7. The summed E-state index contributed by atoms with van der Waals surface area (Å²) in [6.45, 7) is 3.85. The zero-order valence-electron chi connectivity index (χ0n) is 19.5. The molecule has 0 aliphatic heterocycles. The van der Waals surface area contributed by atoms with Crippen LogP contribution in [0.4, 0.5) is 10.1 Å². The van der Waals surface area contributed by atoms with Gasteiger partial charge in [0, 0.05) is 30.3 Å². The van der Waals surface area contributed by atoms with Gasteiger partial charge in [0.2, 0.25) is 15.9 Å². The Bertz CT molecular complexity index is 1430. The normalized spacial score (nSPS) is 13.4. The third kappa shape index (κ3) is 5.36. The van der Waals surface area contributed by atoms with Crippen molar-refractivity contribution >= 4 is 21.6 Å². The van der Waals surface area contributed by atoms with E-state index in [9.17, 15) is 27.7 Å². The first-order chi connectivity index (χ1) is 17.1. The lowest BCUT2D eigenvalue weighted by Crippen LogP contribution is -2.26. The summed E-state index contributed by atoms with van der Waals surface area (Å²) in [7, 11) is -4.17. The predicted octanol–water partition coefficient (Wildman–Crippen LogP) is 3.60. The molecule has 0 saturated heterocycles. The van der Waals surface area contributed by atoms with E-state index in [1.165, 1.54) is 35.0 Å². The van der Waals surface area contributed by atoms with Gasteiger partial charge in [0.05, 0.1) is 10.6 Å². The summed E-state index contributed by atoms with van der Waals surface area (Å²) in [6, 6.07) is 8.33. The van der Waals surface area contributed by atoms with Crippen LogP contribution in [0.3, 0.4) is 0 Å². The molecule has 1 aromatic heterocycles. The number of nitro benzene ring substituents is 1. The fourth-order valence-electron chi connectivity index (χ4n) is 3.41. The van der Waals surface area contributed by atoms with Crippen LogP contribution in [0.25, 0.3) is 5.69 Å². The van der Waals surface area contributed by atoms with Gasteiger partial charge >= 0.3 is 0 Å². The van der Waals surface area contributed by atoms with Gasteiger partial charge in [-0.15, -0.1) is 0 Å². The first kappa shape index (κ1) is 25.3. The molecule has 11 nitrogen and oxygen atoms in total. The maximum atomic E-state index is 14.0. The summed E-state index contributed by atoms with van der Waals surface area (Å²) in [5, 5.41) is 18.4. The summed E-state index contributed by atoms with van der Waals surface area (Å²) in [5.41, 5.74) is 0.0634. The standard InChI is InChI=1S/C23H24FN5O6S/c1-3-11-25-22(30)21-14(2)23(28(26-21)17-6-4-5-15(24)12-17)35-19-10-9-18(29(31)32)13-20(19)36(33,34)27-16-7-8-16/h4-6,9-10,12-13,16,27H,3,7-8,11H2,1-2H3,(H,25,30). The van der Waals surface area contributed by atoms with Crippen LogP contribution >= 0.6 is 0 Å². The van der Waals surface area contributed by atoms with E-state index in [0.717, 1.165) is 12.1 Å². The number of nitrogens with zero attached hydrogens (tertiary/aromatic N) is 3. The van der Waals surface area contributed by atoms with Crippen LogP contribution in [0, 0.1) is 22.9 Å². The minimum absolute atomic E-state index is 0.00476. The molecule has 0 bridgehead atoms. The average Bonchev–Trinajstić information content (AvgIpc) is 3.58. The third-order valence-electron chi connectivity index (χ3n) is 5.41. The number of hydrogen-bond donors (Lipinski definition) is 2. The Balaban J connectivity index is 1.84. The van der Waals surface area contributed by atoms with Crippen LogP contribution in [-0.4, -0.2) is 41.6 Å². The van der Waals surface area contributed by atoms with E-state index in [4.69, 9.17) is 4.74 Å². The Morgan fingerprint density at radius 2 is 2.03 bits per heavy atom. The number of benzene rings is 2. The second-order valence-corrected chi connectivity index (χ2v) is 9.99. The highest BCUT2D eigenvalue weighted by atomic mass is 32.2. The number of non-ortho nitro benzene ring substituents is 1. The Hall–Kier alpha value is -3.84. The number of amides is 1. The zero-order valence-corrected chi connectivity index (χ0v) is 20.3. The average molecular weight is 518 g/mol. The number of ether oxygens (including phenoxy) is 1. The van der Waals surface area contributed by atoms with Crippen molar-refractivity contribution in [1.29, 1.82) is 0 Å². The van der Waals surface area contributed by atoms with E-state index in [0.29, 0.717) is 25.8 Å². The number of carbonyl (C=O) groups excluding carboxylic acids is 1. The van der Waals surface area contributed by atoms with E-state index in [1.807, 2.05) is 6.92 Å². The van der Waals surface area contributed by atoms with E-state index in [1.54, 1.807) is 6.92 Å². The van der Waals surface area contributed by atoms with Gasteiger partial charge in [-0.25, -0.2) is 17.5 Å². The molecule has 1 aliphatic carbocycles. The maximum Gasteiger partial charge on any atom is 0.272 e. The SMILES string of the molecule is CCCNC(=O)c1nn(-c2cccc(F)c2)c(Oc2ccc([N+](=O)[O-])cc2S(=O)(=O)NC2CC2)c1C. The lowest BCUT2D eigenvalue weighted by atomic mass is 10.2. The number of halogens is 1. The highest BCUT2D eigenvalue weighted by Gasteiger charge is 2.32. The second-order valence-electron chi connectivity index (χ2n) is 8.31. The molecular weight excluding hydrogens is 493 g/mol. The van der Waals surface area contributed by atoms with E-state index in [-0.39, 0.29) is 34.6 Å². The first-order valence-corrected chi connectivity index (χ1v) is 12.7. The van der Waals surface area contributed by atoms with Crippen molar-refractivity contribution in [3.63, 3.8) is 0 Å². The second kappa shape index (κ2) is 10.0. The van der Waals surface area contributed by atoms with Gasteiger partial charge in [-0.05, 0) is 50.5 Å². The Kier molecular flexibility index (Phi) is 7.04. The number of rotatable bonds is 10. The van der Waals surface area contributed by atoms with E-state index < -0.39 is 37.3 Å². The third-order valence-corrected chi connectivity index (χ3v) is 6.95. The Morgan fingerprint density at radius 3 is 2.67 bits per heavy atom. The number of nitrogens with one attached hydrogen (secondary N) is 2. The molecule has 1 saturated carbocycles. The number of hydrogen-bond acceptors (Lipinski definition) is 7. The smallest absolute Gasteiger partial charge is 0.272 e. The topological polar surface area (TPSA) is 145 Å². The summed E-state index contributed by atoms with van der Waals surface area (Å²) in [5.74, 6) is -1.30. The number of nitro groups is 1. The lowest BCUT2D eigenvalue weighted by Gasteiger charge is -2.14. The van der Waals surface area contributed by atoms with Crippen molar-refractivity contribution in [2.45, 2.75) is 44.0 Å². The fourth-order valence-corrected chi connectivity index (χ4v) is 4.87. The predicted molar refractivity (Wildman–Crippen MR) is 127 cm³/mol. The Labute approximate surface area is 206 Å². The van der Waals surface area contributed by atoms with Gasteiger partial charge < -0.3 is 10.1 Å². The molecule has 0 unspecified atom stereocenters. The van der Waals surface area contributed by atoms with Crippen LogP contribution in [-0.2, 0) is 10.0 Å². The first-order valence-electron chi connectivity index (χ1n) is 11.2. The van der Waals surface area contributed by atoms with Crippen LogP contribution in [0.15, 0.2) is 47.4 Å². The molecule has 1 heterocycles. The van der Waals surface area contributed by atoms with Gasteiger partial charge in [-0.1, -0.05) is 13.0 Å². The Morgan fingerprint density at radius 1 is 1.28 bits per heavy atom. The largest absolute Gasteiger partial charge is 0.437 e. The number of sulfonamides is 1. The van der Waals surface area contributed by atoms with Gasteiger partial charge in [0.1, 0.15) is 16.5 Å². The molecule has 0 atom stereocenters. The van der Waals surface area contributed by atoms with E-state index in [2.05, 4.69) is 15.1 Å². The number of aromatic nitrogens is 2. The summed E-state index contributed by atoms with van der Waals surface area (Å²) >= 11 is 0. The quantitative estimate of drug-likeness (QED) is 0.309. The molecule has 4 rings (SSSR count). The van der Waals surface area contributed by atoms with Crippen LogP contribution in [0.2, 0.25) is 0 Å². The van der Waals surface area contributed by atoms with Gasteiger partial charge in [-0.3, -0.25) is 14.9 Å². The molecule has 0 radical (unpaired) electrons. The van der Waals surface area contributed by atoms with Crippen molar-refractivity contribution in [3.8, 4) is 17.3 Å². The highest BCUT2D eigenvalue weighted by Crippen LogP contribution is 2.36.